The number of carbonyl (C=O) groups excluding carboxylic acids is 2. The van der Waals surface area contributed by atoms with Crippen molar-refractivity contribution in [1.29, 1.82) is 0 Å². The van der Waals surface area contributed by atoms with Crippen LogP contribution >= 0.6 is 11.8 Å². The summed E-state index contributed by atoms with van der Waals surface area (Å²) in [6.45, 7) is 6.88. The molecule has 2 N–H and O–H groups in total. The summed E-state index contributed by atoms with van der Waals surface area (Å²) in [4.78, 5) is 26.4. The van der Waals surface area contributed by atoms with Gasteiger partial charge in [0.05, 0.1) is 5.75 Å². The zero-order chi connectivity index (χ0) is 16.7. The van der Waals surface area contributed by atoms with Gasteiger partial charge < -0.3 is 15.5 Å². The Morgan fingerprint density at radius 3 is 2.43 bits per heavy atom. The molecule has 1 aliphatic heterocycles. The summed E-state index contributed by atoms with van der Waals surface area (Å²) in [5.74, 6) is 0.433. The zero-order valence-corrected chi connectivity index (χ0v) is 14.6. The fraction of sp³-hybridized carbons (Fsp3) is 0.529. The summed E-state index contributed by atoms with van der Waals surface area (Å²) in [5, 5.41) is 5.86. The SMILES string of the molecule is CCN1CCC(NC(=O)CSc2ccc(NC(C)=O)cc2)CC1. The highest BCUT2D eigenvalue weighted by Crippen LogP contribution is 2.20. The monoisotopic (exact) mass is 335 g/mol. The molecule has 6 heteroatoms. The van der Waals surface area contributed by atoms with E-state index in [2.05, 4.69) is 22.5 Å². The molecule has 23 heavy (non-hydrogen) atoms. The van der Waals surface area contributed by atoms with Gasteiger partial charge in [-0.3, -0.25) is 9.59 Å². The third-order valence-corrected chi connectivity index (χ3v) is 4.96. The molecule has 0 aliphatic carbocycles. The molecule has 5 nitrogen and oxygen atoms in total. The molecule has 1 aromatic rings. The van der Waals surface area contributed by atoms with E-state index in [4.69, 9.17) is 0 Å². The second kappa shape index (κ2) is 8.93. The first-order valence-electron chi connectivity index (χ1n) is 8.09. The van der Waals surface area contributed by atoms with E-state index in [1.165, 1.54) is 18.7 Å². The van der Waals surface area contributed by atoms with Crippen molar-refractivity contribution in [2.24, 2.45) is 0 Å². The normalized spacial score (nSPS) is 16.1. The number of nitrogens with zero attached hydrogens (tertiary/aromatic N) is 1. The van der Waals surface area contributed by atoms with Gasteiger partial charge in [0.15, 0.2) is 0 Å². The van der Waals surface area contributed by atoms with Crippen LogP contribution in [0.2, 0.25) is 0 Å². The number of carbonyl (C=O) groups is 2. The molecule has 0 unspecified atom stereocenters. The van der Waals surface area contributed by atoms with Crippen LogP contribution in [-0.2, 0) is 9.59 Å². The average Bonchev–Trinajstić information content (AvgIpc) is 2.54. The lowest BCUT2D eigenvalue weighted by Gasteiger charge is -2.31. The molecule has 0 spiro atoms. The molecule has 1 aromatic carbocycles. The highest BCUT2D eigenvalue weighted by molar-refractivity contribution is 8.00. The summed E-state index contributed by atoms with van der Waals surface area (Å²) < 4.78 is 0. The Labute approximate surface area is 142 Å². The number of amides is 2. The molecule has 1 saturated heterocycles. The Bertz CT molecular complexity index is 525. The van der Waals surface area contributed by atoms with Gasteiger partial charge in [0, 0.05) is 36.6 Å². The first-order chi connectivity index (χ1) is 11.1. The Morgan fingerprint density at radius 2 is 1.87 bits per heavy atom. The highest BCUT2D eigenvalue weighted by Gasteiger charge is 2.19. The fourth-order valence-electron chi connectivity index (χ4n) is 2.65. The summed E-state index contributed by atoms with van der Waals surface area (Å²) in [7, 11) is 0. The third-order valence-electron chi connectivity index (χ3n) is 3.94. The average molecular weight is 335 g/mol. The van der Waals surface area contributed by atoms with E-state index in [-0.39, 0.29) is 11.8 Å². The van der Waals surface area contributed by atoms with E-state index in [0.29, 0.717) is 11.8 Å². The number of nitrogens with one attached hydrogen (secondary N) is 2. The molecule has 0 aromatic heterocycles. The van der Waals surface area contributed by atoms with Crippen LogP contribution in [0.25, 0.3) is 0 Å². The van der Waals surface area contributed by atoms with Gasteiger partial charge in [0.1, 0.15) is 0 Å². The highest BCUT2D eigenvalue weighted by atomic mass is 32.2. The van der Waals surface area contributed by atoms with Crippen LogP contribution in [0, 0.1) is 0 Å². The van der Waals surface area contributed by atoms with Crippen LogP contribution in [0.15, 0.2) is 29.2 Å². The molecule has 0 saturated carbocycles. The number of anilines is 1. The minimum atomic E-state index is -0.0844. The van der Waals surface area contributed by atoms with Gasteiger partial charge >= 0.3 is 0 Å². The minimum absolute atomic E-state index is 0.0844. The summed E-state index contributed by atoms with van der Waals surface area (Å²) in [6, 6.07) is 7.85. The molecule has 1 fully saturated rings. The van der Waals surface area contributed by atoms with Crippen molar-refractivity contribution in [3.63, 3.8) is 0 Å². The third kappa shape index (κ3) is 6.23. The van der Waals surface area contributed by atoms with Crippen LogP contribution in [0.5, 0.6) is 0 Å². The first-order valence-corrected chi connectivity index (χ1v) is 9.07. The molecular formula is C17H25N3O2S. The molecule has 2 rings (SSSR count). The van der Waals surface area contributed by atoms with Crippen molar-refractivity contribution in [3.8, 4) is 0 Å². The van der Waals surface area contributed by atoms with Gasteiger partial charge in [-0.05, 0) is 43.7 Å². The van der Waals surface area contributed by atoms with E-state index < -0.39 is 0 Å². The maximum atomic E-state index is 12.0. The van der Waals surface area contributed by atoms with Crippen molar-refractivity contribution in [1.82, 2.24) is 10.2 Å². The molecule has 126 valence electrons. The predicted molar refractivity (Wildman–Crippen MR) is 94.7 cm³/mol. The van der Waals surface area contributed by atoms with Crippen molar-refractivity contribution < 1.29 is 9.59 Å². The number of rotatable bonds is 6. The van der Waals surface area contributed by atoms with Crippen LogP contribution in [-0.4, -0.2) is 48.1 Å². The Morgan fingerprint density at radius 1 is 1.22 bits per heavy atom. The molecule has 0 atom stereocenters. The van der Waals surface area contributed by atoms with Gasteiger partial charge in [-0.1, -0.05) is 6.92 Å². The summed E-state index contributed by atoms with van der Waals surface area (Å²) in [6.07, 6.45) is 2.07. The Kier molecular flexibility index (Phi) is 6.92. The summed E-state index contributed by atoms with van der Waals surface area (Å²) in [5.41, 5.74) is 0.772. The van der Waals surface area contributed by atoms with Gasteiger partial charge in [0.2, 0.25) is 11.8 Å². The molecule has 0 bridgehead atoms. The lowest BCUT2D eigenvalue weighted by Crippen LogP contribution is -2.45. The zero-order valence-electron chi connectivity index (χ0n) is 13.8. The van der Waals surface area contributed by atoms with Crippen molar-refractivity contribution in [2.45, 2.75) is 37.6 Å². The standard InChI is InChI=1S/C17H25N3O2S/c1-3-20-10-8-15(9-11-20)19-17(22)12-23-16-6-4-14(5-7-16)18-13(2)21/h4-7,15H,3,8-12H2,1-2H3,(H,18,21)(H,19,22). The van der Waals surface area contributed by atoms with E-state index >= 15 is 0 Å². The summed E-state index contributed by atoms with van der Waals surface area (Å²) >= 11 is 1.51. The quantitative estimate of drug-likeness (QED) is 0.784. The van der Waals surface area contributed by atoms with Crippen LogP contribution in [0.1, 0.15) is 26.7 Å². The van der Waals surface area contributed by atoms with Gasteiger partial charge in [-0.25, -0.2) is 0 Å². The molecule has 1 heterocycles. The van der Waals surface area contributed by atoms with Crippen LogP contribution < -0.4 is 10.6 Å². The number of thioether (sulfide) groups is 1. The molecule has 1 aliphatic rings. The number of likely N-dealkylation sites (tertiary alicyclic amines) is 1. The van der Waals surface area contributed by atoms with Gasteiger partial charge in [0.25, 0.3) is 0 Å². The van der Waals surface area contributed by atoms with Crippen LogP contribution in [0.4, 0.5) is 5.69 Å². The van der Waals surface area contributed by atoms with Gasteiger partial charge in [-0.15, -0.1) is 11.8 Å². The van der Waals surface area contributed by atoms with Crippen molar-refractivity contribution in [3.05, 3.63) is 24.3 Å². The maximum absolute atomic E-state index is 12.0. The van der Waals surface area contributed by atoms with Gasteiger partial charge in [-0.2, -0.15) is 0 Å². The van der Waals surface area contributed by atoms with Crippen molar-refractivity contribution >= 4 is 29.3 Å². The van der Waals surface area contributed by atoms with Crippen molar-refractivity contribution in [2.75, 3.05) is 30.7 Å². The predicted octanol–water partition coefficient (Wildman–Crippen LogP) is 2.34. The fourth-order valence-corrected chi connectivity index (χ4v) is 3.36. The smallest absolute Gasteiger partial charge is 0.230 e. The largest absolute Gasteiger partial charge is 0.353 e. The second-order valence-corrected chi connectivity index (χ2v) is 6.82. The number of benzene rings is 1. The molecule has 2 amide bonds. The second-order valence-electron chi connectivity index (χ2n) is 5.77. The topological polar surface area (TPSA) is 61.4 Å². The maximum Gasteiger partial charge on any atom is 0.230 e. The number of hydrogen-bond acceptors (Lipinski definition) is 4. The van der Waals surface area contributed by atoms with E-state index in [0.717, 1.165) is 43.1 Å². The van der Waals surface area contributed by atoms with E-state index in [1.807, 2.05) is 24.3 Å². The minimum Gasteiger partial charge on any atom is -0.353 e. The first kappa shape index (κ1) is 17.8. The lowest BCUT2D eigenvalue weighted by atomic mass is 10.1. The van der Waals surface area contributed by atoms with E-state index in [1.54, 1.807) is 0 Å². The number of piperidine rings is 1. The Hall–Kier alpha value is -1.53. The lowest BCUT2D eigenvalue weighted by molar-refractivity contribution is -0.119. The number of hydrogen-bond donors (Lipinski definition) is 2. The molecule has 0 radical (unpaired) electrons. The van der Waals surface area contributed by atoms with Crippen LogP contribution in [0.3, 0.4) is 0 Å². The van der Waals surface area contributed by atoms with E-state index in [9.17, 15) is 9.59 Å². The molecular weight excluding hydrogens is 310 g/mol. The Balaban J connectivity index is 1.71.